The molecule has 3 atom stereocenters. The monoisotopic (exact) mass is 182 g/mol. The minimum atomic E-state index is 0.275. The van der Waals surface area contributed by atoms with Crippen molar-refractivity contribution < 1.29 is 4.79 Å². The van der Waals surface area contributed by atoms with Crippen molar-refractivity contribution in [3.8, 4) is 0 Å². The zero-order valence-corrected chi connectivity index (χ0v) is 9.34. The van der Waals surface area contributed by atoms with Gasteiger partial charge in [-0.3, -0.25) is 0 Å². The van der Waals surface area contributed by atoms with Gasteiger partial charge in [0.15, 0.2) is 0 Å². The standard InChI is InChI=1S/C12H22O/c1-9-6-5-7-12(3,4)10(2)11(9)8-13/h8-11H,5-7H2,1-4H3. The first-order chi connectivity index (χ1) is 5.99. The topological polar surface area (TPSA) is 17.1 Å². The molecule has 3 unspecified atom stereocenters. The summed E-state index contributed by atoms with van der Waals surface area (Å²) in [6.07, 6.45) is 4.95. The molecule has 0 radical (unpaired) electrons. The summed E-state index contributed by atoms with van der Waals surface area (Å²) >= 11 is 0. The van der Waals surface area contributed by atoms with Crippen LogP contribution in [-0.4, -0.2) is 6.29 Å². The lowest BCUT2D eigenvalue weighted by atomic mass is 9.70. The van der Waals surface area contributed by atoms with Gasteiger partial charge in [0.2, 0.25) is 0 Å². The maximum absolute atomic E-state index is 11.0. The Morgan fingerprint density at radius 3 is 2.46 bits per heavy atom. The summed E-state index contributed by atoms with van der Waals surface area (Å²) in [5.41, 5.74) is 0.344. The number of aldehydes is 1. The van der Waals surface area contributed by atoms with Crippen LogP contribution in [0.4, 0.5) is 0 Å². The van der Waals surface area contributed by atoms with E-state index >= 15 is 0 Å². The van der Waals surface area contributed by atoms with E-state index in [1.54, 1.807) is 0 Å². The van der Waals surface area contributed by atoms with E-state index in [0.717, 1.165) is 0 Å². The summed E-state index contributed by atoms with van der Waals surface area (Å²) < 4.78 is 0. The smallest absolute Gasteiger partial charge is 0.123 e. The maximum atomic E-state index is 11.0. The second kappa shape index (κ2) is 3.81. The number of carbonyl (C=O) groups is 1. The molecule has 1 rings (SSSR count). The SMILES string of the molecule is CC1CCCC(C)(C)C(C)C1C=O. The van der Waals surface area contributed by atoms with Crippen LogP contribution in [0.2, 0.25) is 0 Å². The van der Waals surface area contributed by atoms with Gasteiger partial charge in [-0.1, -0.05) is 40.5 Å². The zero-order valence-electron chi connectivity index (χ0n) is 9.34. The van der Waals surface area contributed by atoms with E-state index in [0.29, 0.717) is 17.3 Å². The second-order valence-corrected chi connectivity index (χ2v) is 5.36. The highest BCUT2D eigenvalue weighted by molar-refractivity contribution is 5.54. The normalized spacial score (nSPS) is 39.5. The van der Waals surface area contributed by atoms with Crippen LogP contribution in [0.3, 0.4) is 0 Å². The summed E-state index contributed by atoms with van der Waals surface area (Å²) in [7, 11) is 0. The Hall–Kier alpha value is -0.330. The largest absolute Gasteiger partial charge is 0.303 e. The van der Waals surface area contributed by atoms with Gasteiger partial charge in [-0.25, -0.2) is 0 Å². The highest BCUT2D eigenvalue weighted by Crippen LogP contribution is 2.43. The fourth-order valence-corrected chi connectivity index (χ4v) is 2.57. The third-order valence-corrected chi connectivity index (χ3v) is 4.10. The lowest BCUT2D eigenvalue weighted by molar-refractivity contribution is -0.115. The summed E-state index contributed by atoms with van der Waals surface area (Å²) in [4.78, 5) is 11.0. The molecular formula is C12H22O. The van der Waals surface area contributed by atoms with E-state index in [9.17, 15) is 4.79 Å². The predicted octanol–water partition coefficient (Wildman–Crippen LogP) is 3.28. The molecule has 0 bridgehead atoms. The molecule has 0 aromatic carbocycles. The quantitative estimate of drug-likeness (QED) is 0.449. The van der Waals surface area contributed by atoms with Crippen LogP contribution < -0.4 is 0 Å². The van der Waals surface area contributed by atoms with Crippen LogP contribution in [-0.2, 0) is 4.79 Å². The van der Waals surface area contributed by atoms with E-state index in [1.165, 1.54) is 25.5 Å². The van der Waals surface area contributed by atoms with Crippen LogP contribution in [0, 0.1) is 23.2 Å². The molecule has 1 aliphatic rings. The number of hydrogen-bond donors (Lipinski definition) is 0. The van der Waals surface area contributed by atoms with Crippen molar-refractivity contribution in [2.24, 2.45) is 23.2 Å². The second-order valence-electron chi connectivity index (χ2n) is 5.36. The Morgan fingerprint density at radius 1 is 1.31 bits per heavy atom. The summed E-state index contributed by atoms with van der Waals surface area (Å²) in [6, 6.07) is 0. The Balaban J connectivity index is 2.84. The highest BCUT2D eigenvalue weighted by Gasteiger charge is 2.36. The highest BCUT2D eigenvalue weighted by atomic mass is 16.1. The molecule has 1 saturated carbocycles. The first-order valence-electron chi connectivity index (χ1n) is 5.44. The van der Waals surface area contributed by atoms with Gasteiger partial charge in [-0.05, 0) is 23.7 Å². The molecule has 0 spiro atoms. The molecular weight excluding hydrogens is 160 g/mol. The van der Waals surface area contributed by atoms with Gasteiger partial charge in [-0.15, -0.1) is 0 Å². The van der Waals surface area contributed by atoms with Crippen LogP contribution in [0.25, 0.3) is 0 Å². The molecule has 0 amide bonds. The van der Waals surface area contributed by atoms with Crippen LogP contribution >= 0.6 is 0 Å². The fraction of sp³-hybridized carbons (Fsp3) is 0.917. The van der Waals surface area contributed by atoms with Crippen LogP contribution in [0.1, 0.15) is 47.0 Å². The van der Waals surface area contributed by atoms with Gasteiger partial charge in [-0.2, -0.15) is 0 Å². The molecule has 13 heavy (non-hydrogen) atoms. The molecule has 76 valence electrons. The first-order valence-corrected chi connectivity index (χ1v) is 5.44. The minimum absolute atomic E-state index is 0.275. The number of rotatable bonds is 1. The van der Waals surface area contributed by atoms with Gasteiger partial charge in [0.25, 0.3) is 0 Å². The molecule has 0 saturated heterocycles. The van der Waals surface area contributed by atoms with E-state index in [-0.39, 0.29) is 5.92 Å². The van der Waals surface area contributed by atoms with Crippen molar-refractivity contribution in [2.75, 3.05) is 0 Å². The number of hydrogen-bond acceptors (Lipinski definition) is 1. The van der Waals surface area contributed by atoms with Crippen LogP contribution in [0.15, 0.2) is 0 Å². The van der Waals surface area contributed by atoms with E-state index in [1.807, 2.05) is 0 Å². The van der Waals surface area contributed by atoms with Gasteiger partial charge in [0, 0.05) is 5.92 Å². The molecule has 0 aromatic rings. The molecule has 1 fully saturated rings. The van der Waals surface area contributed by atoms with Crippen LogP contribution in [0.5, 0.6) is 0 Å². The van der Waals surface area contributed by atoms with Gasteiger partial charge >= 0.3 is 0 Å². The van der Waals surface area contributed by atoms with Gasteiger partial charge < -0.3 is 4.79 Å². The number of carbonyl (C=O) groups excluding carboxylic acids is 1. The van der Waals surface area contributed by atoms with Crippen molar-refractivity contribution in [2.45, 2.75) is 47.0 Å². The fourth-order valence-electron chi connectivity index (χ4n) is 2.57. The lowest BCUT2D eigenvalue weighted by Gasteiger charge is -2.34. The molecule has 1 heteroatoms. The molecule has 0 N–H and O–H groups in total. The summed E-state index contributed by atoms with van der Waals surface area (Å²) in [5.74, 6) is 1.38. The first kappa shape index (κ1) is 10.7. The average molecular weight is 182 g/mol. The Morgan fingerprint density at radius 2 is 1.92 bits per heavy atom. The molecule has 1 aliphatic carbocycles. The van der Waals surface area contributed by atoms with Crippen molar-refractivity contribution in [1.82, 2.24) is 0 Å². The molecule has 0 heterocycles. The zero-order chi connectivity index (χ0) is 10.1. The Kier molecular flexibility index (Phi) is 3.15. The van der Waals surface area contributed by atoms with Crippen molar-refractivity contribution in [3.63, 3.8) is 0 Å². The van der Waals surface area contributed by atoms with E-state index < -0.39 is 0 Å². The average Bonchev–Trinajstić information content (AvgIpc) is 2.12. The molecule has 1 nitrogen and oxygen atoms in total. The Bertz CT molecular complexity index is 184. The molecule has 0 aliphatic heterocycles. The summed E-state index contributed by atoms with van der Waals surface area (Å²) in [5, 5.41) is 0. The predicted molar refractivity (Wildman–Crippen MR) is 55.5 cm³/mol. The van der Waals surface area contributed by atoms with E-state index in [4.69, 9.17) is 0 Å². The summed E-state index contributed by atoms with van der Waals surface area (Å²) in [6.45, 7) is 9.05. The van der Waals surface area contributed by atoms with Crippen molar-refractivity contribution >= 4 is 6.29 Å². The van der Waals surface area contributed by atoms with Gasteiger partial charge in [0.1, 0.15) is 6.29 Å². The minimum Gasteiger partial charge on any atom is -0.303 e. The van der Waals surface area contributed by atoms with E-state index in [2.05, 4.69) is 27.7 Å². The van der Waals surface area contributed by atoms with Crippen molar-refractivity contribution in [1.29, 1.82) is 0 Å². The van der Waals surface area contributed by atoms with Gasteiger partial charge in [0.05, 0.1) is 0 Å². The lowest BCUT2D eigenvalue weighted by Crippen LogP contribution is -2.30. The third-order valence-electron chi connectivity index (χ3n) is 4.10. The maximum Gasteiger partial charge on any atom is 0.123 e. The Labute approximate surface area is 81.9 Å². The van der Waals surface area contributed by atoms with Crippen molar-refractivity contribution in [3.05, 3.63) is 0 Å². The molecule has 0 aromatic heterocycles. The third kappa shape index (κ3) is 2.12.